The van der Waals surface area contributed by atoms with Gasteiger partial charge in [-0.1, -0.05) is 27.7 Å². The number of hydrogen-bond donors (Lipinski definition) is 1. The molecule has 0 radical (unpaired) electrons. The Labute approximate surface area is 316 Å². The van der Waals surface area contributed by atoms with Crippen LogP contribution < -0.4 is 19.7 Å². The van der Waals surface area contributed by atoms with Gasteiger partial charge in [0.05, 0.1) is 5.69 Å². The third-order valence-electron chi connectivity index (χ3n) is 8.45. The minimum absolute atomic E-state index is 0.0102. The van der Waals surface area contributed by atoms with Crippen LogP contribution in [-0.2, 0) is 56.2 Å². The van der Waals surface area contributed by atoms with Gasteiger partial charge in [0.1, 0.15) is 30.3 Å². The van der Waals surface area contributed by atoms with Crippen molar-refractivity contribution in [2.45, 2.75) is 106 Å². The minimum atomic E-state index is -4.55. The van der Waals surface area contributed by atoms with Crippen LogP contribution in [0.15, 0.2) is 48.8 Å². The van der Waals surface area contributed by atoms with E-state index in [4.69, 9.17) is 14.2 Å². The summed E-state index contributed by atoms with van der Waals surface area (Å²) < 4.78 is 98.9. The lowest BCUT2D eigenvalue weighted by Crippen LogP contribution is -2.35. The van der Waals surface area contributed by atoms with Crippen molar-refractivity contribution in [3.63, 3.8) is 0 Å². The van der Waals surface area contributed by atoms with Crippen molar-refractivity contribution in [1.29, 1.82) is 0 Å². The molecule has 0 spiro atoms. The molecule has 2 aliphatic rings. The number of hydrogen-bond acceptors (Lipinski definition) is 7. The zero-order valence-electron chi connectivity index (χ0n) is 32.1. The second-order valence-electron chi connectivity index (χ2n) is 15.5. The molecule has 2 aromatic carbocycles. The zero-order chi connectivity index (χ0) is 40.3. The molecule has 2 aliphatic heterocycles. The van der Waals surface area contributed by atoms with Gasteiger partial charge in [0.15, 0.2) is 11.4 Å². The van der Waals surface area contributed by atoms with Crippen LogP contribution in [0.25, 0.3) is 0 Å². The first kappa shape index (κ1) is 41.3. The summed E-state index contributed by atoms with van der Waals surface area (Å²) in [6.07, 6.45) is -5.13. The van der Waals surface area contributed by atoms with Gasteiger partial charge in [-0.2, -0.15) is 36.5 Å². The van der Waals surface area contributed by atoms with Crippen molar-refractivity contribution in [2.24, 2.45) is 11.8 Å². The highest BCUT2D eigenvalue weighted by atomic mass is 19.4. The number of nitrogens with one attached hydrogen (secondary N) is 1. The van der Waals surface area contributed by atoms with Crippen molar-refractivity contribution in [3.8, 4) is 11.5 Å². The molecule has 1 N–H and O–H groups in total. The van der Waals surface area contributed by atoms with Gasteiger partial charge in [-0.3, -0.25) is 14.3 Å². The van der Waals surface area contributed by atoms with Gasteiger partial charge in [-0.25, -0.2) is 4.79 Å². The number of benzene rings is 2. The van der Waals surface area contributed by atoms with E-state index >= 15 is 0 Å². The Morgan fingerprint density at radius 3 is 1.76 bits per heavy atom. The van der Waals surface area contributed by atoms with Crippen molar-refractivity contribution in [1.82, 2.24) is 19.6 Å². The van der Waals surface area contributed by atoms with Gasteiger partial charge in [-0.15, -0.1) is 0 Å². The number of anilines is 2. The molecule has 4 aromatic rings. The Balaban J connectivity index is 0.000000218. The predicted molar refractivity (Wildman–Crippen MR) is 195 cm³/mol. The van der Waals surface area contributed by atoms with Crippen LogP contribution >= 0.6 is 0 Å². The molecule has 1 amide bonds. The zero-order valence-corrected chi connectivity index (χ0v) is 32.1. The monoisotopic (exact) mass is 778 g/mol. The molecule has 6 rings (SSSR count). The highest BCUT2D eigenvalue weighted by Gasteiger charge is 2.38. The molecule has 55 heavy (non-hydrogen) atoms. The van der Waals surface area contributed by atoms with Crippen LogP contribution in [-0.4, -0.2) is 44.3 Å². The van der Waals surface area contributed by atoms with Gasteiger partial charge in [0.2, 0.25) is 0 Å². The number of aromatic nitrogens is 4. The van der Waals surface area contributed by atoms with Crippen LogP contribution in [0.2, 0.25) is 0 Å². The maximum atomic E-state index is 13.4. The van der Waals surface area contributed by atoms with Crippen LogP contribution in [0.3, 0.4) is 0 Å². The van der Waals surface area contributed by atoms with E-state index in [2.05, 4.69) is 15.5 Å². The van der Waals surface area contributed by atoms with E-state index in [-0.39, 0.29) is 36.2 Å². The number of nitrogens with zero attached hydrogens (tertiary/aromatic N) is 5. The summed E-state index contributed by atoms with van der Waals surface area (Å²) in [5, 5.41) is 10.6. The number of alkyl halides is 6. The number of fused-ring (bicyclic) bond motifs is 2. The topological polar surface area (TPSA) is 95.7 Å². The van der Waals surface area contributed by atoms with Crippen molar-refractivity contribution in [3.05, 3.63) is 82.4 Å². The van der Waals surface area contributed by atoms with Gasteiger partial charge >= 0.3 is 18.4 Å². The molecule has 16 heteroatoms. The van der Waals surface area contributed by atoms with Gasteiger partial charge in [0.25, 0.3) is 0 Å². The maximum absolute atomic E-state index is 13.4. The Hall–Kier alpha value is -4.89. The van der Waals surface area contributed by atoms with E-state index in [1.165, 1.54) is 21.8 Å². The second-order valence-corrected chi connectivity index (χ2v) is 15.5. The van der Waals surface area contributed by atoms with E-state index in [1.54, 1.807) is 49.9 Å². The van der Waals surface area contributed by atoms with Gasteiger partial charge in [0, 0.05) is 55.4 Å². The predicted octanol–water partition coefficient (Wildman–Crippen LogP) is 9.54. The summed E-state index contributed by atoms with van der Waals surface area (Å²) >= 11 is 0. The standard InChI is InChI=1S/C22H28F3N3O3.C17H20F3N3O/c1-14(2)11-27-12-16(19(26-27)22(23,24)25)13-30-17-6-7-18-15(10-17)8-9-28(18)20(29)31-21(3,4)5;1-11(2)8-23-9-13(16(22-23)17(18,19)20)10-24-14-3-4-15-12(7-14)5-6-21-15/h6-7,10,12,14H,8-9,11,13H2,1-5H3;3-4,7,9,11,21H,5-6,8,10H2,1-2H3. The summed E-state index contributed by atoms with van der Waals surface area (Å²) in [6.45, 7) is 14.9. The van der Waals surface area contributed by atoms with Crippen molar-refractivity contribution in [2.75, 3.05) is 23.3 Å². The smallest absolute Gasteiger partial charge is 0.435 e. The molecule has 0 aliphatic carbocycles. The van der Waals surface area contributed by atoms with E-state index in [0.29, 0.717) is 37.6 Å². The Morgan fingerprint density at radius 1 is 0.764 bits per heavy atom. The number of halogens is 6. The fourth-order valence-corrected chi connectivity index (χ4v) is 6.22. The summed E-state index contributed by atoms with van der Waals surface area (Å²) in [6, 6.07) is 10.7. The lowest BCUT2D eigenvalue weighted by Gasteiger charge is -2.24. The largest absolute Gasteiger partial charge is 0.489 e. The number of carbonyl (C=O) groups excluding carboxylic acids is 1. The third kappa shape index (κ3) is 11.1. The molecule has 0 unspecified atom stereocenters. The number of ether oxygens (including phenoxy) is 3. The molecule has 0 saturated carbocycles. The molecule has 4 heterocycles. The molecule has 10 nitrogen and oxygen atoms in total. The van der Waals surface area contributed by atoms with Crippen LogP contribution in [0, 0.1) is 11.8 Å². The third-order valence-corrected chi connectivity index (χ3v) is 8.45. The Kier molecular flexibility index (Phi) is 12.4. The summed E-state index contributed by atoms with van der Waals surface area (Å²) in [5.74, 6) is 1.39. The van der Waals surface area contributed by atoms with Gasteiger partial charge < -0.3 is 19.5 Å². The van der Waals surface area contributed by atoms with E-state index in [1.807, 2.05) is 39.8 Å². The average molecular weight is 779 g/mol. The molecule has 300 valence electrons. The lowest BCUT2D eigenvalue weighted by molar-refractivity contribution is -0.143. The lowest BCUT2D eigenvalue weighted by atomic mass is 10.1. The fourth-order valence-electron chi connectivity index (χ4n) is 6.22. The summed E-state index contributed by atoms with van der Waals surface area (Å²) in [7, 11) is 0. The number of carbonyl (C=O) groups is 1. The van der Waals surface area contributed by atoms with Crippen molar-refractivity contribution < 1.29 is 45.3 Å². The second kappa shape index (κ2) is 16.5. The summed E-state index contributed by atoms with van der Waals surface area (Å²) in [5.41, 5.74) is 1.44. The van der Waals surface area contributed by atoms with Crippen LogP contribution in [0.4, 0.5) is 42.5 Å². The Bertz CT molecular complexity index is 1940. The first-order valence-corrected chi connectivity index (χ1v) is 18.2. The molecule has 0 atom stereocenters. The highest BCUT2D eigenvalue weighted by molar-refractivity contribution is 5.90. The SMILES string of the molecule is CC(C)Cn1cc(COc2ccc3c(c2)CCN3)c(C(F)(F)F)n1.CC(C)Cn1cc(COc2ccc3c(c2)CCN3C(=O)OC(C)(C)C)c(C(F)(F)F)n1. The molecule has 0 saturated heterocycles. The number of amides is 1. The normalized spacial score (nSPS) is 14.1. The molecular formula is C39H48F6N6O4. The first-order valence-electron chi connectivity index (χ1n) is 18.2. The van der Waals surface area contributed by atoms with E-state index in [9.17, 15) is 31.1 Å². The van der Waals surface area contributed by atoms with Crippen molar-refractivity contribution >= 4 is 17.5 Å². The molecule has 0 fully saturated rings. The van der Waals surface area contributed by atoms with Crippen LogP contribution in [0.1, 0.15) is 82.1 Å². The quantitative estimate of drug-likeness (QED) is 0.160. The molecule has 0 bridgehead atoms. The van der Waals surface area contributed by atoms with Crippen LogP contribution in [0.5, 0.6) is 11.5 Å². The minimum Gasteiger partial charge on any atom is -0.489 e. The average Bonchev–Trinajstić information content (AvgIpc) is 3.86. The van der Waals surface area contributed by atoms with E-state index in [0.717, 1.165) is 35.5 Å². The Morgan fingerprint density at radius 2 is 1.27 bits per heavy atom. The van der Waals surface area contributed by atoms with Gasteiger partial charge in [-0.05, 0) is 93.0 Å². The maximum Gasteiger partial charge on any atom is 0.435 e. The van der Waals surface area contributed by atoms with E-state index < -0.39 is 35.4 Å². The fraction of sp³-hybridized carbons (Fsp3) is 0.513. The molecule has 2 aromatic heterocycles. The number of rotatable bonds is 10. The summed E-state index contributed by atoms with van der Waals surface area (Å²) in [4.78, 5) is 13.9. The highest BCUT2D eigenvalue weighted by Crippen LogP contribution is 2.35. The molecular weight excluding hydrogens is 730 g/mol. The first-order chi connectivity index (χ1) is 25.7.